The molecule has 1 aliphatic rings. The maximum atomic E-state index is 14.5. The van der Waals surface area contributed by atoms with Gasteiger partial charge in [-0.2, -0.15) is 0 Å². The zero-order valence-corrected chi connectivity index (χ0v) is 29.5. The average Bonchev–Trinajstić information content (AvgIpc) is 3.46. The van der Waals surface area contributed by atoms with Gasteiger partial charge in [0.1, 0.15) is 11.8 Å². The molecule has 46 heavy (non-hydrogen) atoms. The molecule has 0 fully saturated rings. The third-order valence-electron chi connectivity index (χ3n) is 8.21. The van der Waals surface area contributed by atoms with Crippen LogP contribution >= 0.6 is 38.9 Å². The van der Waals surface area contributed by atoms with Gasteiger partial charge in [0.2, 0.25) is 0 Å². The van der Waals surface area contributed by atoms with Crippen LogP contribution in [0, 0.1) is 13.8 Å². The van der Waals surface area contributed by atoms with Crippen molar-refractivity contribution in [2.45, 2.75) is 53.3 Å². The van der Waals surface area contributed by atoms with Crippen LogP contribution in [0.3, 0.4) is 0 Å². The zero-order chi connectivity index (χ0) is 32.9. The molecule has 1 aliphatic heterocycles. The largest absolute Gasteiger partial charge is 0.491 e. The van der Waals surface area contributed by atoms with Gasteiger partial charge in [-0.25, -0.2) is 9.79 Å². The molecule has 1 atom stereocenters. The van der Waals surface area contributed by atoms with Crippen molar-refractivity contribution < 1.29 is 14.3 Å². The highest BCUT2D eigenvalue weighted by Gasteiger charge is 2.35. The second-order valence-corrected chi connectivity index (χ2v) is 13.9. The molecule has 0 saturated heterocycles. The van der Waals surface area contributed by atoms with Crippen molar-refractivity contribution >= 4 is 61.8 Å². The number of para-hydroxylation sites is 1. The van der Waals surface area contributed by atoms with Gasteiger partial charge in [0.15, 0.2) is 4.80 Å². The quantitative estimate of drug-likeness (QED) is 0.167. The van der Waals surface area contributed by atoms with Crippen molar-refractivity contribution in [1.29, 1.82) is 0 Å². The molecule has 0 spiro atoms. The topological polar surface area (TPSA) is 74.8 Å². The van der Waals surface area contributed by atoms with Crippen LogP contribution in [0.2, 0.25) is 5.02 Å². The van der Waals surface area contributed by atoms with E-state index < -0.39 is 12.0 Å². The van der Waals surface area contributed by atoms with E-state index in [1.165, 1.54) is 18.4 Å². The average molecular weight is 719 g/mol. The standard InChI is InChI=1S/C36H33BrClN3O4S/c1-19(2)45-29-15-14-24(37)16-27(29)33-31(35(43)44-6)21(4)39-36-41(33)34(42)30(46-36)17-26-22(5)40(18-23-11-7-8-13-28(23)38)32-20(3)10-9-12-25(26)32/h7-17,19,33H,18H2,1-6H3/b30-17-/t33-/m1/s1. The Morgan fingerprint density at radius 2 is 1.87 bits per heavy atom. The number of carbonyl (C=O) groups excluding carboxylic acids is 1. The van der Waals surface area contributed by atoms with E-state index in [4.69, 9.17) is 26.1 Å². The number of allylic oxidation sites excluding steroid dienone is 1. The summed E-state index contributed by atoms with van der Waals surface area (Å²) in [5, 5.41) is 1.75. The minimum absolute atomic E-state index is 0.128. The fourth-order valence-electron chi connectivity index (χ4n) is 6.13. The van der Waals surface area contributed by atoms with Gasteiger partial charge in [-0.1, -0.05) is 75.3 Å². The number of hydrogen-bond acceptors (Lipinski definition) is 6. The summed E-state index contributed by atoms with van der Waals surface area (Å²) in [7, 11) is 1.33. The number of nitrogens with zero attached hydrogens (tertiary/aromatic N) is 3. The third-order valence-corrected chi connectivity index (χ3v) is 10.1. The predicted molar refractivity (Wildman–Crippen MR) is 188 cm³/mol. The van der Waals surface area contributed by atoms with Crippen LogP contribution in [0.4, 0.5) is 0 Å². The highest BCUT2D eigenvalue weighted by Crippen LogP contribution is 2.38. The van der Waals surface area contributed by atoms with Crippen LogP contribution in [0.15, 0.2) is 86.2 Å². The summed E-state index contributed by atoms with van der Waals surface area (Å²) in [5.41, 5.74) is 6.37. The maximum absolute atomic E-state index is 14.5. The highest BCUT2D eigenvalue weighted by atomic mass is 79.9. The number of carbonyl (C=O) groups is 1. The summed E-state index contributed by atoms with van der Waals surface area (Å²) in [5.74, 6) is 0.0211. The number of halogens is 2. The lowest BCUT2D eigenvalue weighted by molar-refractivity contribution is -0.136. The normalized spacial score (nSPS) is 15.0. The molecule has 0 aliphatic carbocycles. The number of aryl methyl sites for hydroxylation is 1. The molecule has 0 bridgehead atoms. The Labute approximate surface area is 284 Å². The SMILES string of the molecule is COC(=O)C1=C(C)N=c2s/c(=C\c3c(C)n(Cc4ccccc4Cl)c4c(C)cccc34)c(=O)n2[C@@H]1c1cc(Br)ccc1OC(C)C. The lowest BCUT2D eigenvalue weighted by Gasteiger charge is -2.26. The third kappa shape index (κ3) is 5.65. The molecule has 0 saturated carbocycles. The molecule has 0 N–H and O–H groups in total. The molecule has 10 heteroatoms. The number of methoxy groups -OCH3 is 1. The lowest BCUT2D eigenvalue weighted by Crippen LogP contribution is -2.40. The maximum Gasteiger partial charge on any atom is 0.338 e. The van der Waals surface area contributed by atoms with Gasteiger partial charge >= 0.3 is 5.97 Å². The second-order valence-electron chi connectivity index (χ2n) is 11.6. The van der Waals surface area contributed by atoms with Crippen molar-refractivity contribution in [3.05, 3.63) is 129 Å². The van der Waals surface area contributed by atoms with Gasteiger partial charge in [0.25, 0.3) is 5.56 Å². The van der Waals surface area contributed by atoms with Gasteiger partial charge in [-0.05, 0) is 76.1 Å². The number of rotatable bonds is 7. The Morgan fingerprint density at radius 3 is 2.59 bits per heavy atom. The number of hydrogen-bond donors (Lipinski definition) is 0. The Kier molecular flexibility index (Phi) is 8.85. The zero-order valence-electron chi connectivity index (χ0n) is 26.4. The van der Waals surface area contributed by atoms with E-state index in [2.05, 4.69) is 46.5 Å². The Balaban J connectivity index is 1.60. The number of benzene rings is 3. The smallest absolute Gasteiger partial charge is 0.338 e. The molecule has 0 amide bonds. The van der Waals surface area contributed by atoms with Crippen LogP contribution in [0.5, 0.6) is 5.75 Å². The summed E-state index contributed by atoms with van der Waals surface area (Å²) in [4.78, 5) is 33.0. The van der Waals surface area contributed by atoms with E-state index >= 15 is 0 Å². The van der Waals surface area contributed by atoms with Crippen LogP contribution in [-0.4, -0.2) is 28.3 Å². The predicted octanol–water partition coefficient (Wildman–Crippen LogP) is 7.23. The van der Waals surface area contributed by atoms with Gasteiger partial charge in [0.05, 0.1) is 34.5 Å². The molecule has 7 nitrogen and oxygen atoms in total. The highest BCUT2D eigenvalue weighted by molar-refractivity contribution is 9.10. The van der Waals surface area contributed by atoms with Gasteiger partial charge < -0.3 is 14.0 Å². The number of thiazole rings is 1. The second kappa shape index (κ2) is 12.7. The number of esters is 1. The Morgan fingerprint density at radius 1 is 1.11 bits per heavy atom. The van der Waals surface area contributed by atoms with Crippen molar-refractivity contribution in [3.8, 4) is 5.75 Å². The first kappa shape index (κ1) is 32.0. The minimum atomic E-state index is -0.804. The van der Waals surface area contributed by atoms with Crippen LogP contribution in [-0.2, 0) is 16.1 Å². The fraction of sp³-hybridized carbons (Fsp3) is 0.250. The minimum Gasteiger partial charge on any atom is -0.491 e. The van der Waals surface area contributed by atoms with E-state index in [0.29, 0.717) is 37.9 Å². The summed E-state index contributed by atoms with van der Waals surface area (Å²) < 4.78 is 16.5. The first-order valence-electron chi connectivity index (χ1n) is 14.9. The molecular formula is C36H33BrClN3O4S. The van der Waals surface area contributed by atoms with Crippen molar-refractivity contribution in [2.24, 2.45) is 4.99 Å². The monoisotopic (exact) mass is 717 g/mol. The summed E-state index contributed by atoms with van der Waals surface area (Å²) in [6.07, 6.45) is 1.82. The van der Waals surface area contributed by atoms with E-state index in [1.807, 2.05) is 68.5 Å². The fourth-order valence-corrected chi connectivity index (χ4v) is 7.73. The van der Waals surface area contributed by atoms with Crippen LogP contribution < -0.4 is 19.6 Å². The summed E-state index contributed by atoms with van der Waals surface area (Å²) >= 11 is 11.5. The van der Waals surface area contributed by atoms with E-state index in [-0.39, 0.29) is 17.2 Å². The van der Waals surface area contributed by atoms with Crippen LogP contribution in [0.25, 0.3) is 17.0 Å². The first-order chi connectivity index (χ1) is 22.0. The van der Waals surface area contributed by atoms with Gasteiger partial charge in [-0.15, -0.1) is 0 Å². The Bertz CT molecular complexity index is 2250. The van der Waals surface area contributed by atoms with Gasteiger partial charge in [-0.3, -0.25) is 9.36 Å². The number of fused-ring (bicyclic) bond motifs is 2. The molecule has 2 aromatic heterocycles. The molecule has 5 aromatic rings. The van der Waals surface area contributed by atoms with E-state index in [9.17, 15) is 9.59 Å². The van der Waals surface area contributed by atoms with Crippen molar-refractivity contribution in [1.82, 2.24) is 9.13 Å². The molecule has 0 unspecified atom stereocenters. The number of ether oxygens (including phenoxy) is 2. The van der Waals surface area contributed by atoms with E-state index in [1.54, 1.807) is 11.5 Å². The molecule has 3 heterocycles. The van der Waals surface area contributed by atoms with Crippen molar-refractivity contribution in [2.75, 3.05) is 7.11 Å². The number of aromatic nitrogens is 2. The molecule has 3 aromatic carbocycles. The molecular weight excluding hydrogens is 686 g/mol. The lowest BCUT2D eigenvalue weighted by atomic mass is 9.95. The van der Waals surface area contributed by atoms with Crippen molar-refractivity contribution in [3.63, 3.8) is 0 Å². The van der Waals surface area contributed by atoms with Gasteiger partial charge in [0, 0.05) is 38.2 Å². The molecule has 0 radical (unpaired) electrons. The molecule has 6 rings (SSSR count). The molecule has 236 valence electrons. The first-order valence-corrected chi connectivity index (χ1v) is 16.9. The Hall–Kier alpha value is -3.92. The summed E-state index contributed by atoms with van der Waals surface area (Å²) in [6.45, 7) is 10.4. The van der Waals surface area contributed by atoms with Crippen LogP contribution in [0.1, 0.15) is 54.8 Å². The summed E-state index contributed by atoms with van der Waals surface area (Å²) in [6, 6.07) is 18.9. The van der Waals surface area contributed by atoms with E-state index in [0.717, 1.165) is 37.8 Å².